The Morgan fingerprint density at radius 1 is 1.03 bits per heavy atom. The van der Waals surface area contributed by atoms with Crippen molar-refractivity contribution in [1.29, 1.82) is 0 Å². The van der Waals surface area contributed by atoms with Crippen LogP contribution in [0.1, 0.15) is 33.5 Å². The number of nitrogens with one attached hydrogen (secondary N) is 1. The Kier molecular flexibility index (Phi) is 7.82. The Balaban J connectivity index is 1.48. The summed E-state index contributed by atoms with van der Waals surface area (Å²) in [6.45, 7) is 2.66. The van der Waals surface area contributed by atoms with Crippen molar-refractivity contribution in [3.05, 3.63) is 94.9 Å². The van der Waals surface area contributed by atoms with E-state index in [-0.39, 0.29) is 11.7 Å². The molecule has 0 aliphatic rings. The second-order valence-corrected chi connectivity index (χ2v) is 8.01. The lowest BCUT2D eigenvalue weighted by molar-refractivity contribution is 0.0950. The Hall–Kier alpha value is -2.66. The van der Waals surface area contributed by atoms with Crippen molar-refractivity contribution in [2.24, 2.45) is 0 Å². The number of carbonyl (C=O) groups excluding carboxylic acids is 1. The normalized spacial score (nSPS) is 10.7. The molecule has 0 aliphatic heterocycles. The number of benzene rings is 2. The molecule has 0 saturated carbocycles. The van der Waals surface area contributed by atoms with E-state index in [2.05, 4.69) is 35.4 Å². The first-order chi connectivity index (χ1) is 14.1. The minimum atomic E-state index is -0.213. The first kappa shape index (κ1) is 21.1. The summed E-state index contributed by atoms with van der Waals surface area (Å²) in [5.41, 5.74) is 4.16. The van der Waals surface area contributed by atoms with Crippen LogP contribution in [0.25, 0.3) is 0 Å². The number of rotatable bonds is 9. The van der Waals surface area contributed by atoms with Crippen molar-refractivity contribution in [2.75, 3.05) is 12.3 Å². The molecule has 0 atom stereocenters. The molecule has 3 nitrogen and oxygen atoms in total. The molecule has 0 radical (unpaired) electrons. The molecular formula is C24H25FN2OS. The number of carbonyl (C=O) groups is 1. The number of amides is 1. The lowest BCUT2D eigenvalue weighted by Gasteiger charge is -2.09. The Bertz CT molecular complexity index is 944. The van der Waals surface area contributed by atoms with Gasteiger partial charge in [0.25, 0.3) is 5.91 Å². The Morgan fingerprint density at radius 2 is 1.86 bits per heavy atom. The minimum absolute atomic E-state index is 0.0909. The SMILES string of the molecule is Cc1cccc(CCNC(=O)c2cccnc2SCCCc2ccc(F)cc2)c1. The van der Waals surface area contributed by atoms with Crippen molar-refractivity contribution in [1.82, 2.24) is 10.3 Å². The van der Waals surface area contributed by atoms with E-state index in [1.54, 1.807) is 24.0 Å². The van der Waals surface area contributed by atoms with Crippen molar-refractivity contribution in [3.63, 3.8) is 0 Å². The Morgan fingerprint density at radius 3 is 2.66 bits per heavy atom. The number of thioether (sulfide) groups is 1. The summed E-state index contributed by atoms with van der Waals surface area (Å²) in [6.07, 6.45) is 4.32. The van der Waals surface area contributed by atoms with E-state index >= 15 is 0 Å². The second kappa shape index (κ2) is 10.8. The van der Waals surface area contributed by atoms with Crippen LogP contribution in [0, 0.1) is 12.7 Å². The highest BCUT2D eigenvalue weighted by Gasteiger charge is 2.12. The van der Waals surface area contributed by atoms with E-state index < -0.39 is 0 Å². The third kappa shape index (κ3) is 6.71. The van der Waals surface area contributed by atoms with Gasteiger partial charge in [-0.05, 0) is 67.3 Å². The van der Waals surface area contributed by atoms with Gasteiger partial charge in [0, 0.05) is 12.7 Å². The summed E-state index contributed by atoms with van der Waals surface area (Å²) >= 11 is 1.58. The summed E-state index contributed by atoms with van der Waals surface area (Å²) < 4.78 is 13.0. The fourth-order valence-corrected chi connectivity index (χ4v) is 3.99. The smallest absolute Gasteiger partial charge is 0.254 e. The molecule has 1 N–H and O–H groups in total. The van der Waals surface area contributed by atoms with Gasteiger partial charge in [-0.15, -0.1) is 11.8 Å². The molecule has 0 saturated heterocycles. The number of halogens is 1. The van der Waals surface area contributed by atoms with Gasteiger partial charge in [-0.1, -0.05) is 42.0 Å². The van der Waals surface area contributed by atoms with E-state index in [1.807, 2.05) is 24.3 Å². The van der Waals surface area contributed by atoms with Crippen molar-refractivity contribution in [3.8, 4) is 0 Å². The molecule has 0 bridgehead atoms. The maximum absolute atomic E-state index is 13.0. The zero-order valence-electron chi connectivity index (χ0n) is 16.5. The van der Waals surface area contributed by atoms with Crippen molar-refractivity contribution >= 4 is 17.7 Å². The first-order valence-corrected chi connectivity index (χ1v) is 10.8. The predicted octanol–water partition coefficient (Wildman–Crippen LogP) is 5.23. The van der Waals surface area contributed by atoms with Crippen LogP contribution in [0.5, 0.6) is 0 Å². The zero-order chi connectivity index (χ0) is 20.5. The van der Waals surface area contributed by atoms with Crippen molar-refractivity contribution < 1.29 is 9.18 Å². The molecule has 1 heterocycles. The number of hydrogen-bond donors (Lipinski definition) is 1. The van der Waals surface area contributed by atoms with Gasteiger partial charge in [-0.2, -0.15) is 0 Å². The fraction of sp³-hybridized carbons (Fsp3) is 0.250. The van der Waals surface area contributed by atoms with Gasteiger partial charge in [0.15, 0.2) is 0 Å². The lowest BCUT2D eigenvalue weighted by atomic mass is 10.1. The predicted molar refractivity (Wildman–Crippen MR) is 117 cm³/mol. The minimum Gasteiger partial charge on any atom is -0.352 e. The maximum Gasteiger partial charge on any atom is 0.254 e. The molecule has 150 valence electrons. The van der Waals surface area contributed by atoms with Crippen LogP contribution in [-0.2, 0) is 12.8 Å². The van der Waals surface area contributed by atoms with Crippen LogP contribution < -0.4 is 5.32 Å². The van der Waals surface area contributed by atoms with Gasteiger partial charge >= 0.3 is 0 Å². The molecule has 3 rings (SSSR count). The van der Waals surface area contributed by atoms with Crippen LogP contribution in [0.2, 0.25) is 0 Å². The number of nitrogens with zero attached hydrogens (tertiary/aromatic N) is 1. The third-order valence-corrected chi connectivity index (χ3v) is 5.65. The molecular weight excluding hydrogens is 383 g/mol. The molecule has 1 amide bonds. The summed E-state index contributed by atoms with van der Waals surface area (Å²) in [7, 11) is 0. The molecule has 29 heavy (non-hydrogen) atoms. The number of hydrogen-bond acceptors (Lipinski definition) is 3. The molecule has 0 unspecified atom stereocenters. The van der Waals surface area contributed by atoms with E-state index in [1.165, 1.54) is 23.3 Å². The third-order valence-electron chi connectivity index (χ3n) is 4.56. The summed E-state index contributed by atoms with van der Waals surface area (Å²) in [5, 5.41) is 3.75. The largest absolute Gasteiger partial charge is 0.352 e. The van der Waals surface area contributed by atoms with E-state index in [9.17, 15) is 9.18 Å². The van der Waals surface area contributed by atoms with Crippen LogP contribution in [0.3, 0.4) is 0 Å². The van der Waals surface area contributed by atoms with Crippen LogP contribution in [-0.4, -0.2) is 23.2 Å². The van der Waals surface area contributed by atoms with Gasteiger partial charge < -0.3 is 5.32 Å². The van der Waals surface area contributed by atoms with E-state index in [0.29, 0.717) is 12.1 Å². The van der Waals surface area contributed by atoms with Gasteiger partial charge in [0.2, 0.25) is 0 Å². The number of aryl methyl sites for hydroxylation is 2. The summed E-state index contributed by atoms with van der Waals surface area (Å²) in [5.74, 6) is 0.541. The van der Waals surface area contributed by atoms with Gasteiger partial charge in [0.05, 0.1) is 5.56 Å². The second-order valence-electron chi connectivity index (χ2n) is 6.93. The quantitative estimate of drug-likeness (QED) is 0.390. The Labute approximate surface area is 175 Å². The van der Waals surface area contributed by atoms with Gasteiger partial charge in [-0.3, -0.25) is 4.79 Å². The average molecular weight is 409 g/mol. The first-order valence-electron chi connectivity index (χ1n) is 9.78. The van der Waals surface area contributed by atoms with Crippen LogP contribution in [0.15, 0.2) is 71.9 Å². The highest BCUT2D eigenvalue weighted by molar-refractivity contribution is 7.99. The van der Waals surface area contributed by atoms with Gasteiger partial charge in [0.1, 0.15) is 10.8 Å². The molecule has 1 aromatic heterocycles. The maximum atomic E-state index is 13.0. The van der Waals surface area contributed by atoms with E-state index in [0.717, 1.165) is 35.6 Å². The number of aromatic nitrogens is 1. The highest BCUT2D eigenvalue weighted by atomic mass is 32.2. The van der Waals surface area contributed by atoms with Crippen LogP contribution >= 0.6 is 11.8 Å². The number of pyridine rings is 1. The molecule has 5 heteroatoms. The standard InChI is InChI=1S/C24H25FN2OS/c1-18-5-2-6-20(17-18)13-15-26-23(28)22-8-3-14-27-24(22)29-16-4-7-19-9-11-21(25)12-10-19/h2-3,5-6,8-12,14,17H,4,7,13,15-16H2,1H3,(H,26,28). The van der Waals surface area contributed by atoms with Gasteiger partial charge in [-0.25, -0.2) is 9.37 Å². The lowest BCUT2D eigenvalue weighted by Crippen LogP contribution is -2.26. The monoisotopic (exact) mass is 408 g/mol. The van der Waals surface area contributed by atoms with Crippen LogP contribution in [0.4, 0.5) is 4.39 Å². The van der Waals surface area contributed by atoms with E-state index in [4.69, 9.17) is 0 Å². The summed E-state index contributed by atoms with van der Waals surface area (Å²) in [4.78, 5) is 17.0. The molecule has 0 aliphatic carbocycles. The zero-order valence-corrected chi connectivity index (χ0v) is 17.3. The average Bonchev–Trinajstić information content (AvgIpc) is 2.73. The molecule has 3 aromatic rings. The highest BCUT2D eigenvalue weighted by Crippen LogP contribution is 2.21. The molecule has 0 spiro atoms. The molecule has 2 aromatic carbocycles. The topological polar surface area (TPSA) is 42.0 Å². The van der Waals surface area contributed by atoms with Crippen molar-refractivity contribution in [2.45, 2.75) is 31.2 Å². The fourth-order valence-electron chi connectivity index (χ4n) is 3.06. The summed E-state index contributed by atoms with van der Waals surface area (Å²) in [6, 6.07) is 18.5. The molecule has 0 fully saturated rings.